The molecule has 0 fully saturated rings. The van der Waals surface area contributed by atoms with Crippen molar-refractivity contribution < 1.29 is 9.47 Å². The van der Waals surface area contributed by atoms with Crippen molar-refractivity contribution in [1.82, 2.24) is 15.2 Å². The zero-order valence-electron chi connectivity index (χ0n) is 12.3. The van der Waals surface area contributed by atoms with Crippen molar-refractivity contribution >= 4 is 0 Å². The van der Waals surface area contributed by atoms with Gasteiger partial charge in [-0.15, -0.1) is 0 Å². The molecule has 0 aliphatic heterocycles. The van der Waals surface area contributed by atoms with Crippen molar-refractivity contribution in [2.24, 2.45) is 5.84 Å². The molecule has 0 bridgehead atoms. The summed E-state index contributed by atoms with van der Waals surface area (Å²) in [5.41, 5.74) is 3.73. The predicted molar refractivity (Wildman–Crippen MR) is 74.5 cm³/mol. The van der Waals surface area contributed by atoms with Gasteiger partial charge in [-0.1, -0.05) is 0 Å². The highest BCUT2D eigenvalue weighted by Gasteiger charge is 2.22. The van der Waals surface area contributed by atoms with Crippen molar-refractivity contribution in [2.45, 2.75) is 52.5 Å². The van der Waals surface area contributed by atoms with Crippen molar-refractivity contribution in [1.29, 1.82) is 0 Å². The van der Waals surface area contributed by atoms with Crippen molar-refractivity contribution in [3.63, 3.8) is 0 Å². The number of ether oxygens (including phenoxy) is 2. The van der Waals surface area contributed by atoms with Crippen LogP contribution in [0.5, 0.6) is 0 Å². The molecule has 1 heterocycles. The van der Waals surface area contributed by atoms with Crippen molar-refractivity contribution in [3.8, 4) is 0 Å². The monoisotopic (exact) mass is 270 g/mol. The predicted octanol–water partition coefficient (Wildman–Crippen LogP) is 1.24. The standard InChI is InChI=1S/C13H26N4O2/c1-5-18-13(19-6-2)12(15-14)9-11-7-8-17(16-11)10(3)4/h7-8,10,12-13,15H,5-6,9,14H2,1-4H3. The second kappa shape index (κ2) is 8.27. The van der Waals surface area contributed by atoms with Gasteiger partial charge in [0.05, 0.1) is 11.7 Å². The van der Waals surface area contributed by atoms with E-state index in [2.05, 4.69) is 24.4 Å². The molecule has 0 saturated carbocycles. The highest BCUT2D eigenvalue weighted by atomic mass is 16.7. The maximum absolute atomic E-state index is 5.60. The van der Waals surface area contributed by atoms with Gasteiger partial charge in [0.15, 0.2) is 6.29 Å². The number of nitrogens with zero attached hydrogens (tertiary/aromatic N) is 2. The molecular formula is C13H26N4O2. The average Bonchev–Trinajstić information content (AvgIpc) is 2.84. The van der Waals surface area contributed by atoms with Crippen molar-refractivity contribution in [2.75, 3.05) is 13.2 Å². The number of hydrogen-bond donors (Lipinski definition) is 2. The lowest BCUT2D eigenvalue weighted by Crippen LogP contribution is -2.48. The molecule has 1 rings (SSSR count). The van der Waals surface area contributed by atoms with Crippen LogP contribution >= 0.6 is 0 Å². The van der Waals surface area contributed by atoms with Crippen LogP contribution in [0.4, 0.5) is 0 Å². The van der Waals surface area contributed by atoms with Crippen LogP contribution in [0, 0.1) is 0 Å². The van der Waals surface area contributed by atoms with Crippen LogP contribution in [0.15, 0.2) is 12.3 Å². The van der Waals surface area contributed by atoms with Gasteiger partial charge in [-0.2, -0.15) is 5.10 Å². The van der Waals surface area contributed by atoms with E-state index in [1.165, 1.54) is 0 Å². The lowest BCUT2D eigenvalue weighted by atomic mass is 10.1. The van der Waals surface area contributed by atoms with Crippen LogP contribution in [0.25, 0.3) is 0 Å². The molecule has 1 aromatic rings. The van der Waals surface area contributed by atoms with Crippen LogP contribution < -0.4 is 11.3 Å². The van der Waals surface area contributed by atoms with Crippen LogP contribution in [0.2, 0.25) is 0 Å². The van der Waals surface area contributed by atoms with E-state index in [9.17, 15) is 0 Å². The molecule has 19 heavy (non-hydrogen) atoms. The Hall–Kier alpha value is -0.950. The first-order chi connectivity index (χ1) is 9.12. The van der Waals surface area contributed by atoms with Crippen LogP contribution in [-0.4, -0.2) is 35.3 Å². The maximum atomic E-state index is 5.60. The first-order valence-corrected chi connectivity index (χ1v) is 6.85. The number of hydrogen-bond acceptors (Lipinski definition) is 5. The van der Waals surface area contributed by atoms with Crippen LogP contribution in [0.1, 0.15) is 39.4 Å². The lowest BCUT2D eigenvalue weighted by molar-refractivity contribution is -0.153. The van der Waals surface area contributed by atoms with E-state index in [1.54, 1.807) is 0 Å². The van der Waals surface area contributed by atoms with Gasteiger partial charge in [-0.05, 0) is 33.8 Å². The van der Waals surface area contributed by atoms with E-state index in [4.69, 9.17) is 15.3 Å². The van der Waals surface area contributed by atoms with Gasteiger partial charge < -0.3 is 9.47 Å². The minimum atomic E-state index is -0.357. The largest absolute Gasteiger partial charge is 0.351 e. The Labute approximate surface area is 115 Å². The summed E-state index contributed by atoms with van der Waals surface area (Å²) in [5.74, 6) is 5.60. The molecule has 1 aromatic heterocycles. The highest BCUT2D eigenvalue weighted by molar-refractivity contribution is 5.02. The molecule has 1 atom stereocenters. The minimum Gasteiger partial charge on any atom is -0.351 e. The summed E-state index contributed by atoms with van der Waals surface area (Å²) in [7, 11) is 0. The third-order valence-corrected chi connectivity index (χ3v) is 2.83. The number of nitrogens with one attached hydrogen (secondary N) is 1. The number of nitrogens with two attached hydrogens (primary N) is 1. The van der Waals surface area contributed by atoms with Gasteiger partial charge >= 0.3 is 0 Å². The molecule has 0 saturated heterocycles. The van der Waals surface area contributed by atoms with Gasteiger partial charge in [0.2, 0.25) is 0 Å². The highest BCUT2D eigenvalue weighted by Crippen LogP contribution is 2.10. The molecule has 0 aliphatic rings. The third-order valence-electron chi connectivity index (χ3n) is 2.83. The Bertz CT molecular complexity index is 348. The lowest BCUT2D eigenvalue weighted by Gasteiger charge is -2.25. The van der Waals surface area contributed by atoms with E-state index in [0.29, 0.717) is 25.7 Å². The molecule has 110 valence electrons. The fourth-order valence-corrected chi connectivity index (χ4v) is 1.84. The summed E-state index contributed by atoms with van der Waals surface area (Å²) < 4.78 is 13.1. The molecule has 0 spiro atoms. The van der Waals surface area contributed by atoms with E-state index < -0.39 is 0 Å². The number of rotatable bonds is 9. The second-order valence-corrected chi connectivity index (χ2v) is 4.64. The number of hydrazine groups is 1. The van der Waals surface area contributed by atoms with Gasteiger partial charge in [-0.25, -0.2) is 0 Å². The smallest absolute Gasteiger partial charge is 0.174 e. The SMILES string of the molecule is CCOC(OCC)C(Cc1ccn(C(C)C)n1)NN. The Kier molecular flexibility index (Phi) is 7.01. The molecule has 0 aliphatic carbocycles. The average molecular weight is 270 g/mol. The van der Waals surface area contributed by atoms with Gasteiger partial charge in [0.1, 0.15) is 0 Å². The summed E-state index contributed by atoms with van der Waals surface area (Å²) in [6, 6.07) is 2.24. The summed E-state index contributed by atoms with van der Waals surface area (Å²) >= 11 is 0. The molecule has 3 N–H and O–H groups in total. The summed E-state index contributed by atoms with van der Waals surface area (Å²) in [6.07, 6.45) is 2.29. The zero-order valence-corrected chi connectivity index (χ0v) is 12.3. The topological polar surface area (TPSA) is 74.3 Å². The van der Waals surface area contributed by atoms with E-state index >= 15 is 0 Å². The normalized spacial score (nSPS) is 13.4. The Balaban J connectivity index is 2.67. The molecule has 0 radical (unpaired) electrons. The van der Waals surface area contributed by atoms with Gasteiger partial charge in [0, 0.05) is 31.9 Å². The van der Waals surface area contributed by atoms with E-state index in [-0.39, 0.29) is 12.3 Å². The molecule has 6 nitrogen and oxygen atoms in total. The minimum absolute atomic E-state index is 0.115. The van der Waals surface area contributed by atoms with Crippen LogP contribution in [0.3, 0.4) is 0 Å². The van der Waals surface area contributed by atoms with Crippen molar-refractivity contribution in [3.05, 3.63) is 18.0 Å². The maximum Gasteiger partial charge on any atom is 0.174 e. The molecule has 0 amide bonds. The second-order valence-electron chi connectivity index (χ2n) is 4.64. The van der Waals surface area contributed by atoms with E-state index in [1.807, 2.05) is 30.8 Å². The zero-order chi connectivity index (χ0) is 14.3. The summed E-state index contributed by atoms with van der Waals surface area (Å²) in [5, 5.41) is 4.51. The Morgan fingerprint density at radius 1 is 1.32 bits per heavy atom. The molecule has 0 aromatic carbocycles. The number of aromatic nitrogens is 2. The van der Waals surface area contributed by atoms with E-state index in [0.717, 1.165) is 5.69 Å². The summed E-state index contributed by atoms with van der Waals surface area (Å²) in [4.78, 5) is 0. The molecular weight excluding hydrogens is 244 g/mol. The first-order valence-electron chi connectivity index (χ1n) is 6.85. The first kappa shape index (κ1) is 16.1. The van der Waals surface area contributed by atoms with Gasteiger partial charge in [-0.3, -0.25) is 16.0 Å². The quantitative estimate of drug-likeness (QED) is 0.401. The molecule has 1 unspecified atom stereocenters. The Morgan fingerprint density at radius 2 is 1.95 bits per heavy atom. The van der Waals surface area contributed by atoms with Crippen LogP contribution in [-0.2, 0) is 15.9 Å². The fraction of sp³-hybridized carbons (Fsp3) is 0.769. The summed E-state index contributed by atoms with van der Waals surface area (Å²) in [6.45, 7) is 9.24. The third kappa shape index (κ3) is 4.91. The fourth-order valence-electron chi connectivity index (χ4n) is 1.84. The Morgan fingerprint density at radius 3 is 2.37 bits per heavy atom. The molecule has 6 heteroatoms. The van der Waals surface area contributed by atoms with Gasteiger partial charge in [0.25, 0.3) is 0 Å².